The molecule has 1 fully saturated rings. The second kappa shape index (κ2) is 18.2. The zero-order chi connectivity index (χ0) is 32.0. The first-order chi connectivity index (χ1) is 21.3. The highest BCUT2D eigenvalue weighted by atomic mass is 16.5. The summed E-state index contributed by atoms with van der Waals surface area (Å²) in [7, 11) is 0. The zero-order valence-corrected chi connectivity index (χ0v) is 26.7. The van der Waals surface area contributed by atoms with Crippen molar-refractivity contribution in [2.45, 2.75) is 158 Å². The number of carbonyl (C=O) groups is 2. The van der Waals surface area contributed by atoms with Gasteiger partial charge >= 0.3 is 0 Å². The van der Waals surface area contributed by atoms with Crippen LogP contribution in [0.25, 0.3) is 0 Å². The molecule has 6 atom stereocenters. The maximum atomic E-state index is 14.1. The highest BCUT2D eigenvalue weighted by molar-refractivity contribution is 6.26. The standard InChI is InChI=1S/C32H57N7O5/c1-2-3-4-5-6-7-8-9-10-11-12-13-14-18-27(42)31-30(39(23-38-31)28-20-25(41)26(21-40)44-28)36-22-37-32(31,35)29(43)24(34)17-15-16-19-33/h22-26,28,40-41H,2-21,33-35H2,1H3/t24-,25-,26+,28+,31?,32?/m0/s1. The van der Waals surface area contributed by atoms with Crippen molar-refractivity contribution in [3.05, 3.63) is 0 Å². The van der Waals surface area contributed by atoms with Crippen molar-refractivity contribution in [3.63, 3.8) is 0 Å². The van der Waals surface area contributed by atoms with E-state index in [2.05, 4.69) is 21.9 Å². The molecule has 0 amide bonds. The second-order valence-electron chi connectivity index (χ2n) is 12.6. The van der Waals surface area contributed by atoms with Crippen molar-refractivity contribution in [2.75, 3.05) is 13.2 Å². The lowest BCUT2D eigenvalue weighted by atomic mass is 9.73. The van der Waals surface area contributed by atoms with E-state index in [0.717, 1.165) is 19.3 Å². The molecule has 3 rings (SSSR count). The molecule has 0 aromatic heterocycles. The van der Waals surface area contributed by atoms with Crippen molar-refractivity contribution >= 4 is 30.1 Å². The number of aliphatic hydroxyl groups excluding tert-OH is 2. The molecule has 3 heterocycles. The van der Waals surface area contributed by atoms with Gasteiger partial charge in [-0.1, -0.05) is 90.4 Å². The zero-order valence-electron chi connectivity index (χ0n) is 26.7. The van der Waals surface area contributed by atoms with Crippen LogP contribution in [0.5, 0.6) is 0 Å². The molecule has 8 N–H and O–H groups in total. The Morgan fingerprint density at radius 1 is 1.00 bits per heavy atom. The first kappa shape index (κ1) is 36.4. The number of amidine groups is 1. The van der Waals surface area contributed by atoms with Crippen LogP contribution in [0.4, 0.5) is 0 Å². The maximum absolute atomic E-state index is 14.1. The lowest BCUT2D eigenvalue weighted by Gasteiger charge is -2.42. The van der Waals surface area contributed by atoms with Crippen LogP contribution < -0.4 is 17.2 Å². The Hall–Kier alpha value is -2.09. The van der Waals surface area contributed by atoms with Crippen LogP contribution in [-0.2, 0) is 14.3 Å². The predicted octanol–water partition coefficient (Wildman–Crippen LogP) is 2.71. The van der Waals surface area contributed by atoms with Crippen LogP contribution >= 0.6 is 0 Å². The van der Waals surface area contributed by atoms with Gasteiger partial charge in [-0.3, -0.25) is 20.2 Å². The Labute approximate surface area is 263 Å². The van der Waals surface area contributed by atoms with Gasteiger partial charge in [0.15, 0.2) is 17.4 Å². The molecule has 12 heteroatoms. The molecule has 12 nitrogen and oxygen atoms in total. The van der Waals surface area contributed by atoms with Gasteiger partial charge in [-0.15, -0.1) is 0 Å². The lowest BCUT2D eigenvalue weighted by Crippen LogP contribution is -2.74. The number of hydrogen-bond acceptors (Lipinski definition) is 12. The summed E-state index contributed by atoms with van der Waals surface area (Å²) in [6.07, 6.45) is 17.5. The summed E-state index contributed by atoms with van der Waals surface area (Å²) in [6, 6.07) is -0.961. The first-order valence-electron chi connectivity index (χ1n) is 17.0. The highest BCUT2D eigenvalue weighted by Crippen LogP contribution is 2.40. The molecule has 3 aliphatic heterocycles. The van der Waals surface area contributed by atoms with Crippen molar-refractivity contribution < 1.29 is 24.5 Å². The number of ether oxygens (including phenoxy) is 1. The molecule has 0 bridgehead atoms. The predicted molar refractivity (Wildman–Crippen MR) is 173 cm³/mol. The fourth-order valence-corrected chi connectivity index (χ4v) is 6.46. The van der Waals surface area contributed by atoms with Gasteiger partial charge < -0.3 is 26.4 Å². The van der Waals surface area contributed by atoms with E-state index >= 15 is 0 Å². The third-order valence-electron chi connectivity index (χ3n) is 9.22. The van der Waals surface area contributed by atoms with E-state index in [0.29, 0.717) is 32.2 Å². The molecule has 0 radical (unpaired) electrons. The Bertz CT molecular complexity index is 1010. The van der Waals surface area contributed by atoms with Crippen molar-refractivity contribution in [1.29, 1.82) is 0 Å². The minimum absolute atomic E-state index is 0.132. The number of rotatable bonds is 23. The van der Waals surface area contributed by atoms with Crippen LogP contribution in [0, 0.1) is 0 Å². The Morgan fingerprint density at radius 3 is 2.18 bits per heavy atom. The number of Topliss-reactive ketones (excluding diaryl/α,β-unsaturated/α-hetero) is 2. The molecule has 2 unspecified atom stereocenters. The van der Waals surface area contributed by atoms with Gasteiger partial charge in [0, 0.05) is 12.8 Å². The van der Waals surface area contributed by atoms with Crippen molar-refractivity contribution in [1.82, 2.24) is 4.90 Å². The summed E-state index contributed by atoms with van der Waals surface area (Å²) in [5.41, 5.74) is 14.7. The summed E-state index contributed by atoms with van der Waals surface area (Å²) < 4.78 is 5.84. The molecule has 0 aromatic carbocycles. The minimum Gasteiger partial charge on any atom is -0.394 e. The molecule has 1 saturated heterocycles. The van der Waals surface area contributed by atoms with E-state index < -0.39 is 41.5 Å². The monoisotopic (exact) mass is 619 g/mol. The first-order valence-corrected chi connectivity index (χ1v) is 17.0. The second-order valence-corrected chi connectivity index (χ2v) is 12.6. The number of carbonyl (C=O) groups excluding carboxylic acids is 2. The van der Waals surface area contributed by atoms with Crippen molar-refractivity contribution in [2.24, 2.45) is 32.2 Å². The Morgan fingerprint density at radius 2 is 1.61 bits per heavy atom. The summed E-state index contributed by atoms with van der Waals surface area (Å²) in [4.78, 5) is 42.8. The molecule has 44 heavy (non-hydrogen) atoms. The fraction of sp³-hybridized carbons (Fsp3) is 0.844. The highest BCUT2D eigenvalue weighted by Gasteiger charge is 2.67. The SMILES string of the molecule is CCCCCCCCCCCCCCCC(=O)C12N=CN([C@H]3C[C@H](O)[C@@H](CO)O3)C1=NC=NC2(N)C(=O)[C@@H](N)CCCCN. The van der Waals surface area contributed by atoms with Crippen LogP contribution in [0.3, 0.4) is 0 Å². The molecule has 0 saturated carbocycles. The van der Waals surface area contributed by atoms with Crippen LogP contribution in [0.1, 0.15) is 122 Å². The molecular formula is C32H57N7O5. The van der Waals surface area contributed by atoms with E-state index in [9.17, 15) is 19.8 Å². The quantitative estimate of drug-likeness (QED) is 0.107. The normalized spacial score (nSPS) is 28.4. The van der Waals surface area contributed by atoms with E-state index in [-0.39, 0.29) is 31.1 Å². The smallest absolute Gasteiger partial charge is 0.223 e. The molecule has 3 aliphatic rings. The average Bonchev–Trinajstić information content (AvgIpc) is 3.60. The molecule has 0 aliphatic carbocycles. The number of unbranched alkanes of at least 4 members (excludes halogenated alkanes) is 13. The summed E-state index contributed by atoms with van der Waals surface area (Å²) >= 11 is 0. The summed E-state index contributed by atoms with van der Waals surface area (Å²) in [5.74, 6) is -0.804. The third kappa shape index (κ3) is 8.58. The van der Waals surface area contributed by atoms with Gasteiger partial charge in [-0.25, -0.2) is 15.0 Å². The van der Waals surface area contributed by atoms with Crippen molar-refractivity contribution in [3.8, 4) is 0 Å². The number of nitrogens with two attached hydrogens (primary N) is 3. The van der Waals surface area contributed by atoms with Gasteiger partial charge in [0.05, 0.1) is 25.1 Å². The number of aliphatic imine (C=N–C) groups is 3. The van der Waals surface area contributed by atoms with Gasteiger partial charge in [0.25, 0.3) is 0 Å². The molecule has 0 spiro atoms. The van der Waals surface area contributed by atoms with Gasteiger partial charge in [0.1, 0.15) is 18.7 Å². The fourth-order valence-electron chi connectivity index (χ4n) is 6.46. The summed E-state index contributed by atoms with van der Waals surface area (Å²) in [5, 5.41) is 19.9. The Balaban J connectivity index is 1.63. The Kier molecular flexibility index (Phi) is 15.0. The number of fused-ring (bicyclic) bond motifs is 1. The average molecular weight is 620 g/mol. The van der Waals surface area contributed by atoms with E-state index in [1.807, 2.05) is 0 Å². The molecule has 0 aromatic rings. The molecular weight excluding hydrogens is 562 g/mol. The van der Waals surface area contributed by atoms with E-state index in [1.54, 1.807) is 0 Å². The maximum Gasteiger partial charge on any atom is 0.223 e. The number of hydrogen-bond donors (Lipinski definition) is 5. The number of nitrogens with zero attached hydrogens (tertiary/aromatic N) is 4. The summed E-state index contributed by atoms with van der Waals surface area (Å²) in [6.45, 7) is 2.36. The topological polar surface area (TPSA) is 202 Å². The lowest BCUT2D eigenvalue weighted by molar-refractivity contribution is -0.133. The van der Waals surface area contributed by atoms with Crippen LogP contribution in [0.15, 0.2) is 15.0 Å². The minimum atomic E-state index is -2.08. The van der Waals surface area contributed by atoms with E-state index in [1.165, 1.54) is 75.4 Å². The van der Waals surface area contributed by atoms with Gasteiger partial charge in [-0.05, 0) is 25.8 Å². The van der Waals surface area contributed by atoms with E-state index in [4.69, 9.17) is 21.9 Å². The van der Waals surface area contributed by atoms with Crippen LogP contribution in [-0.4, -0.2) is 94.0 Å². The number of aliphatic hydroxyl groups is 2. The molecule has 250 valence electrons. The number of ketones is 2. The largest absolute Gasteiger partial charge is 0.394 e. The van der Waals surface area contributed by atoms with Gasteiger partial charge in [-0.2, -0.15) is 0 Å². The van der Waals surface area contributed by atoms with Gasteiger partial charge in [0.2, 0.25) is 11.2 Å². The third-order valence-corrected chi connectivity index (χ3v) is 9.22. The van der Waals surface area contributed by atoms with Crippen LogP contribution in [0.2, 0.25) is 0 Å².